The minimum absolute atomic E-state index is 0.0632. The zero-order valence-electron chi connectivity index (χ0n) is 9.75. The fourth-order valence-corrected chi connectivity index (χ4v) is 2.54. The van der Waals surface area contributed by atoms with Gasteiger partial charge in [0.2, 0.25) is 0 Å². The van der Waals surface area contributed by atoms with Crippen molar-refractivity contribution in [3.63, 3.8) is 0 Å². The van der Waals surface area contributed by atoms with Gasteiger partial charge in [0.1, 0.15) is 10.8 Å². The van der Waals surface area contributed by atoms with E-state index in [0.717, 1.165) is 23.6 Å². The summed E-state index contributed by atoms with van der Waals surface area (Å²) < 4.78 is 51.1. The highest BCUT2D eigenvalue weighted by atomic mass is 32.1. The number of pyridine rings is 1. The van der Waals surface area contributed by atoms with Crippen LogP contribution in [0.3, 0.4) is 0 Å². The zero-order chi connectivity index (χ0) is 14.0. The van der Waals surface area contributed by atoms with Crippen LogP contribution in [-0.4, -0.2) is 17.0 Å². The van der Waals surface area contributed by atoms with Gasteiger partial charge in [0.15, 0.2) is 5.69 Å². The molecule has 1 N–H and O–H groups in total. The number of hydrogen-bond acceptors (Lipinski definition) is 4. The summed E-state index contributed by atoms with van der Waals surface area (Å²) in [4.78, 5) is 7.38. The Morgan fingerprint density at radius 2 is 2.05 bits per heavy atom. The molecule has 0 bridgehead atoms. The summed E-state index contributed by atoms with van der Waals surface area (Å²) in [7, 11) is 1.55. The minimum atomic E-state index is -4.51. The number of alkyl halides is 3. The van der Waals surface area contributed by atoms with Crippen LogP contribution in [0.1, 0.15) is 10.6 Å². The standard InChI is InChI=1S/C11H9F4N3S/c1-16-5-8-9(11(13,14)15)18-10(19-8)7-3-2-6(12)4-17-7/h2-4,16H,5H2,1H3. The summed E-state index contributed by atoms with van der Waals surface area (Å²) in [6.07, 6.45) is -3.57. The van der Waals surface area contributed by atoms with Crippen molar-refractivity contribution in [1.82, 2.24) is 15.3 Å². The van der Waals surface area contributed by atoms with Crippen LogP contribution in [0.4, 0.5) is 17.6 Å². The number of halogens is 4. The molecule has 0 aliphatic heterocycles. The van der Waals surface area contributed by atoms with Gasteiger partial charge in [-0.25, -0.2) is 9.37 Å². The highest BCUT2D eigenvalue weighted by Gasteiger charge is 2.37. The monoisotopic (exact) mass is 291 g/mol. The molecular formula is C11H9F4N3S. The average molecular weight is 291 g/mol. The number of nitrogens with one attached hydrogen (secondary N) is 1. The molecule has 0 fully saturated rings. The van der Waals surface area contributed by atoms with Crippen molar-refractivity contribution in [2.75, 3.05) is 7.05 Å². The molecule has 2 rings (SSSR count). The van der Waals surface area contributed by atoms with Gasteiger partial charge in [-0.1, -0.05) is 0 Å². The van der Waals surface area contributed by atoms with Crippen molar-refractivity contribution < 1.29 is 17.6 Å². The quantitative estimate of drug-likeness (QED) is 0.883. The third-order valence-electron chi connectivity index (χ3n) is 2.25. The van der Waals surface area contributed by atoms with Crippen LogP contribution in [0.5, 0.6) is 0 Å². The molecule has 8 heteroatoms. The Hall–Kier alpha value is -1.54. The molecule has 0 aliphatic rings. The Morgan fingerprint density at radius 3 is 2.58 bits per heavy atom. The van der Waals surface area contributed by atoms with Crippen LogP contribution in [0.15, 0.2) is 18.3 Å². The number of hydrogen-bond donors (Lipinski definition) is 1. The van der Waals surface area contributed by atoms with Gasteiger partial charge in [-0.2, -0.15) is 13.2 Å². The van der Waals surface area contributed by atoms with Crippen LogP contribution >= 0.6 is 11.3 Å². The molecule has 0 amide bonds. The van der Waals surface area contributed by atoms with E-state index in [4.69, 9.17) is 0 Å². The van der Waals surface area contributed by atoms with Gasteiger partial charge in [-0.3, -0.25) is 4.98 Å². The van der Waals surface area contributed by atoms with Crippen molar-refractivity contribution in [3.05, 3.63) is 34.7 Å². The van der Waals surface area contributed by atoms with Crippen molar-refractivity contribution >= 4 is 11.3 Å². The highest BCUT2D eigenvalue weighted by molar-refractivity contribution is 7.15. The van der Waals surface area contributed by atoms with E-state index in [9.17, 15) is 17.6 Å². The zero-order valence-corrected chi connectivity index (χ0v) is 10.6. The molecular weight excluding hydrogens is 282 g/mol. The van der Waals surface area contributed by atoms with Crippen LogP contribution < -0.4 is 5.32 Å². The van der Waals surface area contributed by atoms with E-state index in [0.29, 0.717) is 0 Å². The first-order valence-electron chi connectivity index (χ1n) is 5.25. The van der Waals surface area contributed by atoms with E-state index in [1.165, 1.54) is 6.07 Å². The lowest BCUT2D eigenvalue weighted by atomic mass is 10.3. The molecule has 0 radical (unpaired) electrons. The Bertz CT molecular complexity index is 562. The third-order valence-corrected chi connectivity index (χ3v) is 3.33. The van der Waals surface area contributed by atoms with E-state index in [1.54, 1.807) is 7.05 Å². The molecule has 19 heavy (non-hydrogen) atoms. The van der Waals surface area contributed by atoms with Gasteiger partial charge in [-0.05, 0) is 19.2 Å². The summed E-state index contributed by atoms with van der Waals surface area (Å²) >= 11 is 0.891. The maximum absolute atomic E-state index is 12.8. The lowest BCUT2D eigenvalue weighted by molar-refractivity contribution is -0.141. The highest BCUT2D eigenvalue weighted by Crippen LogP contribution is 2.37. The number of thiazole rings is 1. The van der Waals surface area contributed by atoms with E-state index < -0.39 is 17.7 Å². The molecule has 0 spiro atoms. The Kier molecular flexibility index (Phi) is 3.81. The molecule has 2 aromatic rings. The second kappa shape index (κ2) is 5.22. The van der Waals surface area contributed by atoms with Crippen LogP contribution in [-0.2, 0) is 12.7 Å². The molecule has 0 atom stereocenters. The summed E-state index contributed by atoms with van der Waals surface area (Å²) in [5.74, 6) is -0.549. The number of rotatable bonds is 3. The van der Waals surface area contributed by atoms with Crippen molar-refractivity contribution in [2.24, 2.45) is 0 Å². The summed E-state index contributed by atoms with van der Waals surface area (Å²) in [6, 6.07) is 2.44. The predicted molar refractivity (Wildman–Crippen MR) is 63.1 cm³/mol. The fraction of sp³-hybridized carbons (Fsp3) is 0.273. The van der Waals surface area contributed by atoms with Crippen LogP contribution in [0, 0.1) is 5.82 Å². The molecule has 0 unspecified atom stereocenters. The topological polar surface area (TPSA) is 37.8 Å². The fourth-order valence-electron chi connectivity index (χ4n) is 1.47. The minimum Gasteiger partial charge on any atom is -0.315 e. The third kappa shape index (κ3) is 3.07. The maximum atomic E-state index is 12.8. The number of aromatic nitrogens is 2. The molecule has 0 aromatic carbocycles. The van der Waals surface area contributed by atoms with Gasteiger partial charge in [-0.15, -0.1) is 11.3 Å². The van der Waals surface area contributed by atoms with E-state index in [2.05, 4.69) is 15.3 Å². The van der Waals surface area contributed by atoms with E-state index in [1.807, 2.05) is 0 Å². The van der Waals surface area contributed by atoms with Gasteiger partial charge in [0, 0.05) is 6.54 Å². The second-order valence-electron chi connectivity index (χ2n) is 3.68. The van der Waals surface area contributed by atoms with Gasteiger partial charge >= 0.3 is 6.18 Å². The second-order valence-corrected chi connectivity index (χ2v) is 4.76. The molecule has 0 saturated carbocycles. The normalized spacial score (nSPS) is 11.8. The molecule has 2 aromatic heterocycles. The largest absolute Gasteiger partial charge is 0.434 e. The van der Waals surface area contributed by atoms with Gasteiger partial charge < -0.3 is 5.32 Å². The Morgan fingerprint density at radius 1 is 1.32 bits per heavy atom. The molecule has 0 saturated heterocycles. The van der Waals surface area contributed by atoms with Crippen molar-refractivity contribution in [1.29, 1.82) is 0 Å². The van der Waals surface area contributed by atoms with Gasteiger partial charge in [0.05, 0.1) is 16.8 Å². The summed E-state index contributed by atoms with van der Waals surface area (Å²) in [5.41, 5.74) is -0.702. The van der Waals surface area contributed by atoms with Crippen LogP contribution in [0.25, 0.3) is 10.7 Å². The van der Waals surface area contributed by atoms with E-state index in [-0.39, 0.29) is 22.1 Å². The van der Waals surface area contributed by atoms with Crippen molar-refractivity contribution in [2.45, 2.75) is 12.7 Å². The Labute approximate surface area is 110 Å². The Balaban J connectivity index is 2.45. The molecule has 102 valence electrons. The first-order valence-corrected chi connectivity index (χ1v) is 6.07. The lowest BCUT2D eigenvalue weighted by Gasteiger charge is -2.04. The maximum Gasteiger partial charge on any atom is 0.434 e. The summed E-state index contributed by atoms with van der Waals surface area (Å²) in [5, 5.41) is 2.78. The average Bonchev–Trinajstić information content (AvgIpc) is 2.74. The first-order chi connectivity index (χ1) is 8.91. The first kappa shape index (κ1) is 13.9. The SMILES string of the molecule is CNCc1sc(-c2ccc(F)cn2)nc1C(F)(F)F. The van der Waals surface area contributed by atoms with Crippen molar-refractivity contribution in [3.8, 4) is 10.7 Å². The molecule has 3 nitrogen and oxygen atoms in total. The van der Waals surface area contributed by atoms with Crippen LogP contribution in [0.2, 0.25) is 0 Å². The summed E-state index contributed by atoms with van der Waals surface area (Å²) in [6.45, 7) is 0.0632. The van der Waals surface area contributed by atoms with Gasteiger partial charge in [0.25, 0.3) is 0 Å². The van der Waals surface area contributed by atoms with E-state index >= 15 is 0 Å². The predicted octanol–water partition coefficient (Wildman–Crippen LogP) is 3.08. The number of nitrogens with zero attached hydrogens (tertiary/aromatic N) is 2. The lowest BCUT2D eigenvalue weighted by Crippen LogP contribution is -2.12. The molecule has 0 aliphatic carbocycles. The smallest absolute Gasteiger partial charge is 0.315 e. The molecule has 2 heterocycles.